The van der Waals surface area contributed by atoms with Crippen molar-refractivity contribution < 1.29 is 55.4 Å². The van der Waals surface area contributed by atoms with Crippen molar-refractivity contribution in [1.29, 1.82) is 0 Å². The molecule has 2 amide bonds. The summed E-state index contributed by atoms with van der Waals surface area (Å²) in [6.07, 6.45) is -7.57. The molecule has 1 saturated heterocycles. The molecule has 298 valence electrons. The van der Waals surface area contributed by atoms with Crippen LogP contribution >= 0.6 is 11.6 Å². The first-order chi connectivity index (χ1) is 27.4. The molecule has 1 aromatic heterocycles. The Morgan fingerprint density at radius 2 is 1.55 bits per heavy atom. The number of Topliss-reactive ketones (excluding diaryl/α,β-unsaturated/α-hetero) is 1. The van der Waals surface area contributed by atoms with Gasteiger partial charge in [0.25, 0.3) is 11.8 Å². The van der Waals surface area contributed by atoms with Crippen molar-refractivity contribution in [1.82, 2.24) is 9.99 Å². The second-order valence-electron chi connectivity index (χ2n) is 14.6. The number of carbonyl (C=O) groups is 4. The van der Waals surface area contributed by atoms with Gasteiger partial charge in [-0.15, -0.1) is 13.2 Å². The molecule has 9 nitrogen and oxygen atoms in total. The molecule has 0 radical (unpaired) electrons. The summed E-state index contributed by atoms with van der Waals surface area (Å²) in [4.78, 5) is 62.7. The summed E-state index contributed by atoms with van der Waals surface area (Å²) < 4.78 is 86.2. The predicted octanol–water partition coefficient (Wildman–Crippen LogP) is 8.23. The molecule has 8 rings (SSSR count). The number of imide groups is 1. The minimum Gasteiger partial charge on any atom is -0.508 e. The van der Waals surface area contributed by atoms with Crippen molar-refractivity contribution in [2.75, 3.05) is 12.1 Å². The lowest BCUT2D eigenvalue weighted by Gasteiger charge is -2.55. The van der Waals surface area contributed by atoms with Crippen LogP contribution in [0.4, 0.5) is 32.2 Å². The van der Waals surface area contributed by atoms with Gasteiger partial charge in [-0.1, -0.05) is 83.9 Å². The maximum absolute atomic E-state index is 15.2. The highest BCUT2D eigenvalue weighted by molar-refractivity contribution is 6.33. The van der Waals surface area contributed by atoms with E-state index in [9.17, 15) is 41.0 Å². The molecule has 4 aromatic rings. The molecule has 2 heterocycles. The lowest BCUT2D eigenvalue weighted by atomic mass is 9.44. The van der Waals surface area contributed by atoms with E-state index in [1.165, 1.54) is 6.08 Å². The molecule has 1 N–H and O–H groups in total. The Morgan fingerprint density at radius 1 is 0.879 bits per heavy atom. The topological polar surface area (TPSA) is 117 Å². The number of hydrogen-bond acceptors (Lipinski definition) is 8. The zero-order chi connectivity index (χ0) is 41.5. The average Bonchev–Trinajstić information content (AvgIpc) is 3.44. The number of aromatic nitrogens is 1. The number of rotatable bonds is 6. The SMILES string of the molecule is CN(c1nc(C(F)(F)F)ccc1Cl)N1C(=O)[C@H]2[C@H](CC=C3[C@H]2C[C@H]2C(=O)C(c4ccccc4)=CC(=O)[C@@]2(c2ccccc2)[C@H]3c2cc(OC(F)(F)F)ccc2O)C1=O. The van der Waals surface area contributed by atoms with Crippen LogP contribution in [0.1, 0.15) is 41.1 Å². The monoisotopic (exact) mass is 821 g/mol. The number of alkyl halides is 6. The molecule has 4 aliphatic rings. The van der Waals surface area contributed by atoms with Gasteiger partial charge in [0.15, 0.2) is 17.4 Å². The summed E-state index contributed by atoms with van der Waals surface area (Å²) in [6, 6.07) is 20.9. The number of aromatic hydroxyl groups is 1. The number of amides is 2. The molecule has 16 heteroatoms. The minimum atomic E-state index is -5.15. The number of nitrogens with zero attached hydrogens (tertiary/aromatic N) is 3. The molecule has 6 atom stereocenters. The summed E-state index contributed by atoms with van der Waals surface area (Å²) in [5.41, 5.74) is -2.33. The van der Waals surface area contributed by atoms with Crippen LogP contribution in [-0.2, 0) is 30.8 Å². The number of phenolic OH excluding ortho intramolecular Hbond substituents is 1. The summed E-state index contributed by atoms with van der Waals surface area (Å²) >= 11 is 6.27. The van der Waals surface area contributed by atoms with Crippen LogP contribution in [0.25, 0.3) is 5.57 Å². The quantitative estimate of drug-likeness (QED) is 0.118. The number of fused-ring (bicyclic) bond motifs is 4. The fraction of sp³-hybridized carbons (Fsp3) is 0.262. The Bertz CT molecular complexity index is 2440. The van der Waals surface area contributed by atoms with E-state index >= 15 is 9.59 Å². The molecule has 58 heavy (non-hydrogen) atoms. The summed E-state index contributed by atoms with van der Waals surface area (Å²) in [7, 11) is 1.16. The van der Waals surface area contributed by atoms with E-state index in [2.05, 4.69) is 9.72 Å². The van der Waals surface area contributed by atoms with Crippen molar-refractivity contribution in [2.45, 2.75) is 36.7 Å². The third kappa shape index (κ3) is 6.14. The number of ether oxygens (including phenoxy) is 1. The van der Waals surface area contributed by atoms with Crippen molar-refractivity contribution in [3.63, 3.8) is 0 Å². The number of anilines is 1. The Balaban J connectivity index is 1.33. The third-order valence-electron chi connectivity index (χ3n) is 11.6. The van der Waals surface area contributed by atoms with Crippen LogP contribution < -0.4 is 9.75 Å². The second-order valence-corrected chi connectivity index (χ2v) is 15.0. The number of allylic oxidation sites excluding steroid dienone is 4. The highest BCUT2D eigenvalue weighted by atomic mass is 35.5. The normalized spacial score (nSPS) is 25.7. The molecular weight excluding hydrogens is 792 g/mol. The van der Waals surface area contributed by atoms with Gasteiger partial charge >= 0.3 is 12.5 Å². The molecule has 2 fully saturated rings. The first-order valence-corrected chi connectivity index (χ1v) is 18.4. The van der Waals surface area contributed by atoms with Gasteiger partial charge in [0.1, 0.15) is 17.2 Å². The lowest BCUT2D eigenvalue weighted by molar-refractivity contribution is -0.274. The Hall–Kier alpha value is -5.96. The van der Waals surface area contributed by atoms with Crippen LogP contribution in [0.2, 0.25) is 5.02 Å². The van der Waals surface area contributed by atoms with E-state index in [1.54, 1.807) is 66.7 Å². The van der Waals surface area contributed by atoms with Gasteiger partial charge in [-0.25, -0.2) is 4.98 Å². The van der Waals surface area contributed by atoms with Crippen molar-refractivity contribution >= 4 is 46.4 Å². The standard InChI is InChI=1S/C42H30ClF6N3O6/c1-51(37-30(43)15-17-32(50-37)41(44,45)46)52-38(56)25-14-13-24-27(34(25)39(52)57)19-29-36(55)26(21-8-4-2-5-9-21)20-33(54)40(29,22-10-6-3-7-11-22)35(24)28-18-23(12-16-31(28)53)58-42(47,48)49/h2-13,15-18,20,25,27,29,34-35,53H,14,19H2,1H3/t25-,27+,29-,34-,35+,40-/m0/s1. The Kier molecular flexibility index (Phi) is 9.29. The fourth-order valence-electron chi connectivity index (χ4n) is 9.37. The van der Waals surface area contributed by atoms with Gasteiger partial charge in [-0.2, -0.15) is 18.2 Å². The number of ketones is 2. The zero-order valence-corrected chi connectivity index (χ0v) is 30.8. The molecule has 1 saturated carbocycles. The first-order valence-electron chi connectivity index (χ1n) is 18.0. The number of carbonyl (C=O) groups excluding carboxylic acids is 4. The van der Waals surface area contributed by atoms with Crippen LogP contribution in [0.15, 0.2) is 109 Å². The van der Waals surface area contributed by atoms with E-state index < -0.39 is 93.9 Å². The predicted molar refractivity (Wildman–Crippen MR) is 196 cm³/mol. The first kappa shape index (κ1) is 38.9. The highest BCUT2D eigenvalue weighted by Crippen LogP contribution is 2.64. The molecule has 0 unspecified atom stereocenters. The van der Waals surface area contributed by atoms with Gasteiger partial charge in [-0.05, 0) is 66.3 Å². The number of pyridine rings is 1. The minimum absolute atomic E-state index is 0.0551. The number of phenols is 1. The molecule has 3 aromatic carbocycles. The average molecular weight is 822 g/mol. The van der Waals surface area contributed by atoms with Gasteiger partial charge in [0.05, 0.1) is 22.3 Å². The molecule has 0 bridgehead atoms. The summed E-state index contributed by atoms with van der Waals surface area (Å²) in [5.74, 6) is -10.7. The van der Waals surface area contributed by atoms with E-state index in [0.717, 1.165) is 36.3 Å². The largest absolute Gasteiger partial charge is 0.573 e. The number of hydrazine groups is 1. The van der Waals surface area contributed by atoms with E-state index in [4.69, 9.17) is 11.6 Å². The zero-order valence-electron chi connectivity index (χ0n) is 30.1. The summed E-state index contributed by atoms with van der Waals surface area (Å²) in [6.45, 7) is 0. The van der Waals surface area contributed by atoms with E-state index in [0.29, 0.717) is 27.8 Å². The van der Waals surface area contributed by atoms with Crippen molar-refractivity contribution in [3.05, 3.63) is 136 Å². The van der Waals surface area contributed by atoms with Gasteiger partial charge in [0.2, 0.25) is 0 Å². The van der Waals surface area contributed by atoms with Crippen molar-refractivity contribution in [3.8, 4) is 11.5 Å². The number of benzene rings is 3. The molecular formula is C42H30ClF6N3O6. The molecule has 3 aliphatic carbocycles. The van der Waals surface area contributed by atoms with E-state index in [-0.39, 0.29) is 29.0 Å². The number of halogens is 7. The Morgan fingerprint density at radius 3 is 2.21 bits per heavy atom. The van der Waals surface area contributed by atoms with Gasteiger partial charge in [-0.3, -0.25) is 24.2 Å². The molecule has 1 aliphatic heterocycles. The number of hydrogen-bond donors (Lipinski definition) is 1. The molecule has 0 spiro atoms. The van der Waals surface area contributed by atoms with Gasteiger partial charge < -0.3 is 9.84 Å². The highest BCUT2D eigenvalue weighted by Gasteiger charge is 2.66. The second kappa shape index (κ2) is 13.9. The summed E-state index contributed by atoms with van der Waals surface area (Å²) in [5, 5.41) is 12.7. The third-order valence-corrected chi connectivity index (χ3v) is 11.9. The van der Waals surface area contributed by atoms with Gasteiger partial charge in [0, 0.05) is 30.0 Å². The van der Waals surface area contributed by atoms with Crippen LogP contribution in [0, 0.1) is 23.7 Å². The maximum Gasteiger partial charge on any atom is 0.573 e. The van der Waals surface area contributed by atoms with Crippen LogP contribution in [0.5, 0.6) is 11.5 Å². The Labute approximate surface area is 331 Å². The fourth-order valence-corrected chi connectivity index (χ4v) is 9.60. The smallest absolute Gasteiger partial charge is 0.508 e. The maximum atomic E-state index is 15.2. The van der Waals surface area contributed by atoms with Crippen LogP contribution in [0.3, 0.4) is 0 Å². The van der Waals surface area contributed by atoms with Crippen LogP contribution in [-0.4, -0.2) is 51.9 Å². The van der Waals surface area contributed by atoms with E-state index in [1.807, 2.05) is 0 Å². The lowest BCUT2D eigenvalue weighted by Crippen LogP contribution is -2.59. The van der Waals surface area contributed by atoms with Crippen molar-refractivity contribution in [2.24, 2.45) is 23.7 Å².